The third kappa shape index (κ3) is 1.71. The fraction of sp³-hybridized carbons (Fsp3) is 0.136. The van der Waals surface area contributed by atoms with Gasteiger partial charge in [0.2, 0.25) is 0 Å². The van der Waals surface area contributed by atoms with Crippen LogP contribution in [0.2, 0.25) is 0 Å². The van der Waals surface area contributed by atoms with Crippen LogP contribution in [-0.4, -0.2) is 5.78 Å². The Balaban J connectivity index is 2.14. The van der Waals surface area contributed by atoms with Crippen LogP contribution in [0.3, 0.4) is 0 Å². The average Bonchev–Trinajstić information content (AvgIpc) is 2.61. The first-order valence-corrected chi connectivity index (χ1v) is 8.23. The van der Waals surface area contributed by atoms with Crippen LogP contribution in [0.15, 0.2) is 60.7 Å². The van der Waals surface area contributed by atoms with E-state index in [0.29, 0.717) is 12.2 Å². The number of hydrogen-bond acceptors (Lipinski definition) is 1. The van der Waals surface area contributed by atoms with Gasteiger partial charge >= 0.3 is 0 Å². The van der Waals surface area contributed by atoms with Crippen LogP contribution in [0.4, 0.5) is 0 Å². The SMILES string of the molecule is O=C1CCCc2c1c1ccccc1c1ccc3ccccc3c21. The van der Waals surface area contributed by atoms with E-state index in [1.54, 1.807) is 0 Å². The molecule has 0 atom stereocenters. The highest BCUT2D eigenvalue weighted by molar-refractivity contribution is 6.25. The molecule has 0 spiro atoms. The summed E-state index contributed by atoms with van der Waals surface area (Å²) in [5, 5.41) is 7.38. The van der Waals surface area contributed by atoms with Crippen molar-refractivity contribution >= 4 is 38.1 Å². The Kier molecular flexibility index (Phi) is 2.60. The normalized spacial score (nSPS) is 14.5. The van der Waals surface area contributed by atoms with E-state index in [2.05, 4.69) is 54.6 Å². The average molecular weight is 296 g/mol. The predicted molar refractivity (Wildman–Crippen MR) is 96.2 cm³/mol. The second kappa shape index (κ2) is 4.66. The Labute approximate surface area is 134 Å². The summed E-state index contributed by atoms with van der Waals surface area (Å²) in [5.41, 5.74) is 2.22. The molecule has 1 heteroatoms. The number of benzene rings is 4. The van der Waals surface area contributed by atoms with Crippen LogP contribution in [0.5, 0.6) is 0 Å². The van der Waals surface area contributed by atoms with Crippen LogP contribution in [0, 0.1) is 0 Å². The Bertz CT molecular complexity index is 1110. The molecule has 0 radical (unpaired) electrons. The van der Waals surface area contributed by atoms with E-state index < -0.39 is 0 Å². The van der Waals surface area contributed by atoms with Gasteiger partial charge in [0.25, 0.3) is 0 Å². The summed E-state index contributed by atoms with van der Waals surface area (Å²) in [7, 11) is 0. The molecular weight excluding hydrogens is 280 g/mol. The lowest BCUT2D eigenvalue weighted by Gasteiger charge is -2.21. The first-order valence-electron chi connectivity index (χ1n) is 8.23. The quantitative estimate of drug-likeness (QED) is 0.382. The van der Waals surface area contributed by atoms with Crippen molar-refractivity contribution in [2.45, 2.75) is 19.3 Å². The molecule has 0 amide bonds. The van der Waals surface area contributed by atoms with Crippen molar-refractivity contribution in [2.24, 2.45) is 0 Å². The van der Waals surface area contributed by atoms with E-state index in [1.165, 1.54) is 32.5 Å². The van der Waals surface area contributed by atoms with Crippen LogP contribution in [0.1, 0.15) is 28.8 Å². The molecule has 0 saturated carbocycles. The Morgan fingerprint density at radius 2 is 1.39 bits per heavy atom. The number of aryl methyl sites for hydroxylation is 1. The molecule has 1 nitrogen and oxygen atoms in total. The Hall–Kier alpha value is -2.67. The number of hydrogen-bond donors (Lipinski definition) is 0. The van der Waals surface area contributed by atoms with E-state index in [1.807, 2.05) is 6.07 Å². The molecule has 110 valence electrons. The topological polar surface area (TPSA) is 17.1 Å². The van der Waals surface area contributed by atoms with Crippen LogP contribution in [-0.2, 0) is 6.42 Å². The highest BCUT2D eigenvalue weighted by Gasteiger charge is 2.23. The Morgan fingerprint density at radius 3 is 2.26 bits per heavy atom. The zero-order chi connectivity index (χ0) is 15.4. The second-order valence-corrected chi connectivity index (χ2v) is 6.39. The van der Waals surface area contributed by atoms with Crippen LogP contribution < -0.4 is 0 Å². The lowest BCUT2D eigenvalue weighted by Crippen LogP contribution is -2.12. The van der Waals surface area contributed by atoms with Gasteiger partial charge < -0.3 is 0 Å². The molecule has 0 heterocycles. The minimum absolute atomic E-state index is 0.303. The third-order valence-corrected chi connectivity index (χ3v) is 5.13. The molecule has 5 rings (SSSR count). The molecule has 0 bridgehead atoms. The van der Waals surface area contributed by atoms with Crippen molar-refractivity contribution in [1.29, 1.82) is 0 Å². The summed E-state index contributed by atoms with van der Waals surface area (Å²) in [6.07, 6.45) is 2.63. The molecule has 4 aromatic carbocycles. The van der Waals surface area contributed by atoms with Gasteiger partial charge in [0, 0.05) is 12.0 Å². The van der Waals surface area contributed by atoms with Crippen molar-refractivity contribution in [2.75, 3.05) is 0 Å². The number of ketones is 1. The molecule has 0 fully saturated rings. The van der Waals surface area contributed by atoms with Crippen molar-refractivity contribution in [3.8, 4) is 0 Å². The maximum Gasteiger partial charge on any atom is 0.163 e. The second-order valence-electron chi connectivity index (χ2n) is 6.39. The number of rotatable bonds is 0. The standard InChI is InChI=1S/C22H16O/c23-20-11-5-10-19-21-15-7-2-1-6-14(15)12-13-18(21)16-8-3-4-9-17(16)22(19)20/h1-4,6-9,12-13H,5,10-11H2. The number of fused-ring (bicyclic) bond motifs is 8. The fourth-order valence-electron chi connectivity index (χ4n) is 4.16. The van der Waals surface area contributed by atoms with E-state index >= 15 is 0 Å². The summed E-state index contributed by atoms with van der Waals surface area (Å²) < 4.78 is 0. The van der Waals surface area contributed by atoms with Crippen LogP contribution >= 0.6 is 0 Å². The summed E-state index contributed by atoms with van der Waals surface area (Å²) in [6, 6.07) is 21.3. The van der Waals surface area contributed by atoms with Gasteiger partial charge in [0.15, 0.2) is 5.78 Å². The van der Waals surface area contributed by atoms with Gasteiger partial charge in [0.05, 0.1) is 0 Å². The molecule has 1 aliphatic rings. The fourth-order valence-corrected chi connectivity index (χ4v) is 4.16. The largest absolute Gasteiger partial charge is 0.294 e. The first kappa shape index (κ1) is 12.8. The number of carbonyl (C=O) groups excluding carboxylic acids is 1. The molecule has 0 aliphatic heterocycles. The third-order valence-electron chi connectivity index (χ3n) is 5.13. The molecule has 0 saturated heterocycles. The predicted octanol–water partition coefficient (Wildman–Crippen LogP) is 5.67. The molecule has 0 aromatic heterocycles. The molecule has 0 N–H and O–H groups in total. The van der Waals surface area contributed by atoms with Gasteiger partial charge in [-0.25, -0.2) is 0 Å². The van der Waals surface area contributed by atoms with Gasteiger partial charge in [-0.1, -0.05) is 60.7 Å². The van der Waals surface area contributed by atoms with Gasteiger partial charge in [-0.3, -0.25) is 4.79 Å². The van der Waals surface area contributed by atoms with Crippen molar-refractivity contribution < 1.29 is 4.79 Å². The lowest BCUT2D eigenvalue weighted by atomic mass is 9.81. The van der Waals surface area contributed by atoms with Crippen molar-refractivity contribution in [3.05, 3.63) is 71.8 Å². The zero-order valence-corrected chi connectivity index (χ0v) is 12.8. The van der Waals surface area contributed by atoms with Gasteiger partial charge in [-0.15, -0.1) is 0 Å². The molecule has 0 unspecified atom stereocenters. The summed E-state index contributed by atoms with van der Waals surface area (Å²) in [5.74, 6) is 0.303. The number of carbonyl (C=O) groups is 1. The monoisotopic (exact) mass is 296 g/mol. The molecule has 1 aliphatic carbocycles. The summed E-state index contributed by atoms with van der Waals surface area (Å²) in [6.45, 7) is 0. The van der Waals surface area contributed by atoms with Gasteiger partial charge in [-0.05, 0) is 50.7 Å². The summed E-state index contributed by atoms with van der Waals surface area (Å²) >= 11 is 0. The highest BCUT2D eigenvalue weighted by Crippen LogP contribution is 2.40. The molecular formula is C22H16O. The lowest BCUT2D eigenvalue weighted by molar-refractivity contribution is 0.0974. The van der Waals surface area contributed by atoms with Gasteiger partial charge in [-0.2, -0.15) is 0 Å². The van der Waals surface area contributed by atoms with Crippen molar-refractivity contribution in [3.63, 3.8) is 0 Å². The Morgan fingerprint density at radius 1 is 0.652 bits per heavy atom. The smallest absolute Gasteiger partial charge is 0.163 e. The van der Waals surface area contributed by atoms with Crippen molar-refractivity contribution in [1.82, 2.24) is 0 Å². The number of Topliss-reactive ketones (excluding diaryl/α,β-unsaturated/α-hetero) is 1. The van der Waals surface area contributed by atoms with Crippen LogP contribution in [0.25, 0.3) is 32.3 Å². The summed E-state index contributed by atoms with van der Waals surface area (Å²) in [4.78, 5) is 12.7. The maximum absolute atomic E-state index is 12.7. The van der Waals surface area contributed by atoms with E-state index in [4.69, 9.17) is 0 Å². The molecule has 23 heavy (non-hydrogen) atoms. The van der Waals surface area contributed by atoms with E-state index in [0.717, 1.165) is 23.8 Å². The van der Waals surface area contributed by atoms with E-state index in [-0.39, 0.29) is 0 Å². The minimum Gasteiger partial charge on any atom is -0.294 e. The minimum atomic E-state index is 0.303. The van der Waals surface area contributed by atoms with E-state index in [9.17, 15) is 4.79 Å². The van der Waals surface area contributed by atoms with Gasteiger partial charge in [0.1, 0.15) is 0 Å². The zero-order valence-electron chi connectivity index (χ0n) is 12.8. The highest BCUT2D eigenvalue weighted by atomic mass is 16.1. The first-order chi connectivity index (χ1) is 11.3. The molecule has 4 aromatic rings. The maximum atomic E-state index is 12.7.